The van der Waals surface area contributed by atoms with E-state index in [0.717, 1.165) is 5.56 Å². The van der Waals surface area contributed by atoms with E-state index in [0.29, 0.717) is 6.54 Å². The minimum Gasteiger partial charge on any atom is -0.496 e. The molecule has 0 saturated heterocycles. The lowest BCUT2D eigenvalue weighted by atomic mass is 10.1. The lowest BCUT2D eigenvalue weighted by molar-refractivity contribution is 0.0781. The van der Waals surface area contributed by atoms with Crippen molar-refractivity contribution in [3.8, 4) is 5.75 Å². The first kappa shape index (κ1) is 17.0. The van der Waals surface area contributed by atoms with Crippen molar-refractivity contribution in [1.29, 1.82) is 0 Å². The first-order valence-corrected chi connectivity index (χ1v) is 8.21. The fourth-order valence-electron chi connectivity index (χ4n) is 2.14. The van der Waals surface area contributed by atoms with Crippen LogP contribution in [-0.4, -0.2) is 43.2 Å². The van der Waals surface area contributed by atoms with Gasteiger partial charge in [0.05, 0.1) is 23.8 Å². The molecule has 0 saturated carbocycles. The van der Waals surface area contributed by atoms with Gasteiger partial charge in [0.25, 0.3) is 5.91 Å². The van der Waals surface area contributed by atoms with Crippen LogP contribution in [-0.2, 0) is 23.6 Å². The molecule has 0 radical (unpaired) electrons. The summed E-state index contributed by atoms with van der Waals surface area (Å²) >= 11 is 0. The molecule has 0 spiro atoms. The molecule has 1 heterocycles. The summed E-state index contributed by atoms with van der Waals surface area (Å²) in [7, 11) is 0.893. The van der Waals surface area contributed by atoms with Gasteiger partial charge in [-0.25, -0.2) is 13.6 Å². The van der Waals surface area contributed by atoms with Crippen LogP contribution in [0.3, 0.4) is 0 Å². The average Bonchev–Trinajstić information content (AvgIpc) is 2.89. The summed E-state index contributed by atoms with van der Waals surface area (Å²) in [6.07, 6.45) is 3.45. The summed E-state index contributed by atoms with van der Waals surface area (Å²) in [4.78, 5) is 13.9. The highest BCUT2D eigenvalue weighted by Gasteiger charge is 2.20. The summed E-state index contributed by atoms with van der Waals surface area (Å²) in [6, 6.07) is 3.92. The van der Waals surface area contributed by atoms with Crippen molar-refractivity contribution >= 4 is 15.9 Å². The van der Waals surface area contributed by atoms with E-state index in [1.807, 2.05) is 0 Å². The second kappa shape index (κ2) is 6.39. The number of amides is 1. The number of nitrogens with zero attached hydrogens (tertiary/aromatic N) is 3. The Bertz CT molecular complexity index is 829. The first-order valence-electron chi connectivity index (χ1n) is 6.66. The molecule has 2 aromatic rings. The van der Waals surface area contributed by atoms with Crippen molar-refractivity contribution < 1.29 is 17.9 Å². The molecule has 2 rings (SSSR count). The van der Waals surface area contributed by atoms with E-state index in [-0.39, 0.29) is 22.1 Å². The fraction of sp³-hybridized carbons (Fsp3) is 0.286. The number of aryl methyl sites for hydroxylation is 1. The molecule has 1 aromatic carbocycles. The summed E-state index contributed by atoms with van der Waals surface area (Å²) < 4.78 is 29.7. The molecule has 0 fully saturated rings. The third-order valence-electron chi connectivity index (χ3n) is 3.25. The van der Waals surface area contributed by atoms with E-state index < -0.39 is 10.0 Å². The highest BCUT2D eigenvalue weighted by molar-refractivity contribution is 7.89. The molecule has 0 atom stereocenters. The molecule has 0 aliphatic carbocycles. The normalized spacial score (nSPS) is 11.3. The van der Waals surface area contributed by atoms with Gasteiger partial charge in [-0.1, -0.05) is 0 Å². The average molecular weight is 338 g/mol. The summed E-state index contributed by atoms with van der Waals surface area (Å²) in [5.74, 6) is -0.100. The zero-order valence-electron chi connectivity index (χ0n) is 13.1. The van der Waals surface area contributed by atoms with Crippen molar-refractivity contribution in [3.05, 3.63) is 41.7 Å². The van der Waals surface area contributed by atoms with Crippen molar-refractivity contribution in [2.45, 2.75) is 11.4 Å². The Hall–Kier alpha value is -2.39. The highest BCUT2D eigenvalue weighted by Crippen LogP contribution is 2.23. The van der Waals surface area contributed by atoms with Crippen molar-refractivity contribution in [2.24, 2.45) is 12.2 Å². The maximum atomic E-state index is 12.6. The van der Waals surface area contributed by atoms with Crippen LogP contribution in [0.4, 0.5) is 0 Å². The second-order valence-electron chi connectivity index (χ2n) is 5.09. The number of carbonyl (C=O) groups excluding carboxylic acids is 1. The molecule has 8 nitrogen and oxygen atoms in total. The van der Waals surface area contributed by atoms with Crippen molar-refractivity contribution in [3.63, 3.8) is 0 Å². The maximum Gasteiger partial charge on any atom is 0.257 e. The minimum atomic E-state index is -3.90. The molecule has 9 heteroatoms. The Kier molecular flexibility index (Phi) is 4.71. The number of primary sulfonamides is 1. The monoisotopic (exact) mass is 338 g/mol. The van der Waals surface area contributed by atoms with Crippen LogP contribution in [0, 0.1) is 0 Å². The first-order chi connectivity index (χ1) is 10.7. The van der Waals surface area contributed by atoms with Crippen LogP contribution in [0.15, 0.2) is 35.5 Å². The predicted octanol–water partition coefficient (Wildman–Crippen LogP) is 0.348. The Morgan fingerprint density at radius 3 is 2.65 bits per heavy atom. The van der Waals surface area contributed by atoms with Gasteiger partial charge in [0, 0.05) is 32.4 Å². The van der Waals surface area contributed by atoms with Crippen LogP contribution in [0.5, 0.6) is 5.75 Å². The molecule has 1 aromatic heterocycles. The van der Waals surface area contributed by atoms with Crippen LogP contribution < -0.4 is 9.88 Å². The topological polar surface area (TPSA) is 108 Å². The number of hydrogen-bond donors (Lipinski definition) is 1. The summed E-state index contributed by atoms with van der Waals surface area (Å²) in [6.45, 7) is 0.329. The van der Waals surface area contributed by atoms with Gasteiger partial charge in [0.2, 0.25) is 10.0 Å². The molecule has 23 heavy (non-hydrogen) atoms. The third-order valence-corrected chi connectivity index (χ3v) is 4.17. The van der Waals surface area contributed by atoms with Crippen LogP contribution in [0.25, 0.3) is 0 Å². The summed E-state index contributed by atoms with van der Waals surface area (Å²) in [5.41, 5.74) is 0.982. The number of carbonyl (C=O) groups is 1. The van der Waals surface area contributed by atoms with E-state index >= 15 is 0 Å². The van der Waals surface area contributed by atoms with Crippen molar-refractivity contribution in [2.75, 3.05) is 14.2 Å². The van der Waals surface area contributed by atoms with E-state index in [2.05, 4.69) is 5.10 Å². The van der Waals surface area contributed by atoms with Gasteiger partial charge >= 0.3 is 0 Å². The quantitative estimate of drug-likeness (QED) is 0.846. The molecular weight excluding hydrogens is 320 g/mol. The number of rotatable bonds is 5. The van der Waals surface area contributed by atoms with Gasteiger partial charge in [-0.2, -0.15) is 5.10 Å². The molecule has 0 bridgehead atoms. The Morgan fingerprint density at radius 1 is 1.43 bits per heavy atom. The zero-order chi connectivity index (χ0) is 17.2. The number of hydrogen-bond acceptors (Lipinski definition) is 5. The van der Waals surface area contributed by atoms with E-state index in [4.69, 9.17) is 9.88 Å². The Morgan fingerprint density at radius 2 is 2.13 bits per heavy atom. The third kappa shape index (κ3) is 3.88. The van der Waals surface area contributed by atoms with Gasteiger partial charge in [0.15, 0.2) is 0 Å². The fourth-order valence-corrected chi connectivity index (χ4v) is 2.68. The smallest absolute Gasteiger partial charge is 0.257 e. The second-order valence-corrected chi connectivity index (χ2v) is 6.65. The highest BCUT2D eigenvalue weighted by atomic mass is 32.2. The zero-order valence-corrected chi connectivity index (χ0v) is 13.9. The Balaban J connectivity index is 2.33. The van der Waals surface area contributed by atoms with Crippen LogP contribution in [0.2, 0.25) is 0 Å². The maximum absolute atomic E-state index is 12.6. The Labute approximate surface area is 134 Å². The number of nitrogens with two attached hydrogens (primary N) is 1. The molecular formula is C14H18N4O4S. The van der Waals surface area contributed by atoms with E-state index in [1.54, 1.807) is 31.2 Å². The summed E-state index contributed by atoms with van der Waals surface area (Å²) in [5, 5.41) is 9.16. The number of sulfonamides is 1. The van der Waals surface area contributed by atoms with Gasteiger partial charge in [-0.05, 0) is 18.2 Å². The molecule has 0 unspecified atom stereocenters. The molecule has 0 aliphatic rings. The number of ether oxygens (including phenoxy) is 1. The molecule has 2 N–H and O–H groups in total. The van der Waals surface area contributed by atoms with Gasteiger partial charge in [0.1, 0.15) is 5.75 Å². The van der Waals surface area contributed by atoms with Gasteiger partial charge < -0.3 is 9.64 Å². The van der Waals surface area contributed by atoms with E-state index in [9.17, 15) is 13.2 Å². The number of methoxy groups -OCH3 is 1. The van der Waals surface area contributed by atoms with Crippen LogP contribution in [0.1, 0.15) is 15.9 Å². The van der Waals surface area contributed by atoms with Crippen molar-refractivity contribution in [1.82, 2.24) is 14.7 Å². The number of aromatic nitrogens is 2. The van der Waals surface area contributed by atoms with Crippen LogP contribution >= 0.6 is 0 Å². The number of benzene rings is 1. The molecule has 124 valence electrons. The molecule has 1 amide bonds. The predicted molar refractivity (Wildman–Crippen MR) is 83.4 cm³/mol. The van der Waals surface area contributed by atoms with E-state index in [1.165, 1.54) is 30.2 Å². The standard InChI is InChI=1S/C14H18N4O4S/c1-17(8-10-7-16-18(2)9-10)14(19)12-6-11(23(15,20)21)4-5-13(12)22-3/h4-7,9H,8H2,1-3H3,(H2,15,20,21). The SMILES string of the molecule is COc1ccc(S(N)(=O)=O)cc1C(=O)N(C)Cc1cnn(C)c1. The lowest BCUT2D eigenvalue weighted by Gasteiger charge is -2.18. The van der Waals surface area contributed by atoms with Gasteiger partial charge in [-0.15, -0.1) is 0 Å². The van der Waals surface area contributed by atoms with Gasteiger partial charge in [-0.3, -0.25) is 9.48 Å². The molecule has 0 aliphatic heterocycles. The largest absolute Gasteiger partial charge is 0.496 e. The minimum absolute atomic E-state index is 0.130. The lowest BCUT2D eigenvalue weighted by Crippen LogP contribution is -2.27.